The van der Waals surface area contributed by atoms with E-state index in [-0.39, 0.29) is 18.6 Å². The monoisotopic (exact) mass is 352 g/mol. The van der Waals surface area contributed by atoms with E-state index < -0.39 is 18.1 Å². The largest absolute Gasteiger partial charge is 0.445 e. The van der Waals surface area contributed by atoms with Crippen LogP contribution in [-0.2, 0) is 16.1 Å². The lowest BCUT2D eigenvalue weighted by Gasteiger charge is -2.43. The number of primary amides is 1. The average Bonchev–Trinajstić information content (AvgIpc) is 2.67. The molecule has 5 heteroatoms. The number of rotatable bonds is 4. The molecule has 3 atom stereocenters. The van der Waals surface area contributed by atoms with Gasteiger partial charge in [-0.1, -0.05) is 60.7 Å². The molecule has 2 N–H and O–H groups in total. The summed E-state index contributed by atoms with van der Waals surface area (Å²) in [5, 5.41) is 0. The maximum absolute atomic E-state index is 12.9. The molecule has 2 aromatic rings. The zero-order valence-electron chi connectivity index (χ0n) is 14.9. The van der Waals surface area contributed by atoms with Crippen LogP contribution >= 0.6 is 0 Å². The first-order chi connectivity index (χ1) is 12.6. The second-order valence-corrected chi connectivity index (χ2v) is 6.74. The highest BCUT2D eigenvalue weighted by Crippen LogP contribution is 2.39. The first kappa shape index (κ1) is 18.0. The van der Waals surface area contributed by atoms with Gasteiger partial charge in [-0.3, -0.25) is 9.69 Å². The lowest BCUT2D eigenvalue weighted by atomic mass is 9.82. The smallest absolute Gasteiger partial charge is 0.410 e. The molecular formula is C21H24N2O3. The van der Waals surface area contributed by atoms with Crippen molar-refractivity contribution in [3.05, 3.63) is 71.8 Å². The fourth-order valence-electron chi connectivity index (χ4n) is 3.61. The van der Waals surface area contributed by atoms with Crippen LogP contribution in [0.4, 0.5) is 4.79 Å². The van der Waals surface area contributed by atoms with Crippen molar-refractivity contribution in [2.24, 2.45) is 11.7 Å². The minimum Gasteiger partial charge on any atom is -0.445 e. The summed E-state index contributed by atoms with van der Waals surface area (Å²) in [6.07, 6.45) is 0.969. The molecule has 0 saturated carbocycles. The molecule has 1 fully saturated rings. The van der Waals surface area contributed by atoms with E-state index in [4.69, 9.17) is 10.5 Å². The summed E-state index contributed by atoms with van der Waals surface area (Å²) >= 11 is 0. The summed E-state index contributed by atoms with van der Waals surface area (Å²) in [5.41, 5.74) is 7.48. The Morgan fingerprint density at radius 2 is 1.65 bits per heavy atom. The summed E-state index contributed by atoms with van der Waals surface area (Å²) < 4.78 is 5.55. The first-order valence-corrected chi connectivity index (χ1v) is 8.91. The Kier molecular flexibility index (Phi) is 5.56. The number of hydrogen-bond acceptors (Lipinski definition) is 3. The van der Waals surface area contributed by atoms with Gasteiger partial charge in [0, 0.05) is 6.04 Å². The van der Waals surface area contributed by atoms with Crippen molar-refractivity contribution in [2.45, 2.75) is 38.5 Å². The van der Waals surface area contributed by atoms with Crippen molar-refractivity contribution < 1.29 is 14.3 Å². The van der Waals surface area contributed by atoms with Gasteiger partial charge in [0.1, 0.15) is 6.61 Å². The standard InChI is InChI=1S/C21H24N2O3/c1-15-12-13-18(20(22)24)19(17-10-6-3-7-11-17)23(15)21(25)26-14-16-8-4-2-5-9-16/h2-11,15,18-19H,12-14H2,1H3,(H2,22,24). The fourth-order valence-corrected chi connectivity index (χ4v) is 3.61. The van der Waals surface area contributed by atoms with Crippen LogP contribution in [0.5, 0.6) is 0 Å². The Morgan fingerprint density at radius 3 is 2.27 bits per heavy atom. The number of ether oxygens (including phenoxy) is 1. The second kappa shape index (κ2) is 8.04. The SMILES string of the molecule is CC1CCC(C(N)=O)C(c2ccccc2)N1C(=O)OCc1ccccc1. The van der Waals surface area contributed by atoms with E-state index in [9.17, 15) is 9.59 Å². The van der Waals surface area contributed by atoms with Crippen LogP contribution in [0.1, 0.15) is 36.9 Å². The number of nitrogens with two attached hydrogens (primary N) is 1. The minimum absolute atomic E-state index is 0.0286. The fraction of sp³-hybridized carbons (Fsp3) is 0.333. The molecule has 3 unspecified atom stereocenters. The van der Waals surface area contributed by atoms with E-state index in [1.54, 1.807) is 4.90 Å². The van der Waals surface area contributed by atoms with Crippen LogP contribution in [0, 0.1) is 5.92 Å². The summed E-state index contributed by atoms with van der Waals surface area (Å²) in [7, 11) is 0. The lowest BCUT2D eigenvalue weighted by molar-refractivity contribution is -0.126. The van der Waals surface area contributed by atoms with Crippen LogP contribution in [0.3, 0.4) is 0 Å². The third kappa shape index (κ3) is 3.87. The molecule has 0 bridgehead atoms. The quantitative estimate of drug-likeness (QED) is 0.913. The molecule has 0 aromatic heterocycles. The van der Waals surface area contributed by atoms with Crippen molar-refractivity contribution in [3.63, 3.8) is 0 Å². The Bertz CT molecular complexity index is 748. The normalized spacial score (nSPS) is 22.7. The highest BCUT2D eigenvalue weighted by Gasteiger charge is 2.42. The van der Waals surface area contributed by atoms with E-state index in [1.165, 1.54) is 0 Å². The van der Waals surface area contributed by atoms with Crippen LogP contribution in [0.2, 0.25) is 0 Å². The molecule has 1 saturated heterocycles. The molecule has 1 aliphatic rings. The molecular weight excluding hydrogens is 328 g/mol. The number of amides is 2. The summed E-state index contributed by atoms with van der Waals surface area (Å²) in [5.74, 6) is -0.801. The highest BCUT2D eigenvalue weighted by molar-refractivity contribution is 5.79. The van der Waals surface area contributed by atoms with E-state index in [1.807, 2.05) is 67.6 Å². The molecule has 2 aromatic carbocycles. The first-order valence-electron chi connectivity index (χ1n) is 8.91. The molecule has 1 aliphatic heterocycles. The van der Waals surface area contributed by atoms with Crippen LogP contribution in [0.15, 0.2) is 60.7 Å². The van der Waals surface area contributed by atoms with E-state index in [2.05, 4.69) is 0 Å². The molecule has 0 spiro atoms. The average molecular weight is 352 g/mol. The second-order valence-electron chi connectivity index (χ2n) is 6.74. The lowest BCUT2D eigenvalue weighted by Crippen LogP contribution is -2.50. The van der Waals surface area contributed by atoms with Gasteiger partial charge in [-0.25, -0.2) is 4.79 Å². The number of nitrogens with zero attached hydrogens (tertiary/aromatic N) is 1. The number of likely N-dealkylation sites (tertiary alicyclic amines) is 1. The van der Waals surface area contributed by atoms with E-state index in [0.717, 1.165) is 17.5 Å². The Hall–Kier alpha value is -2.82. The molecule has 2 amide bonds. The number of benzene rings is 2. The van der Waals surface area contributed by atoms with Gasteiger partial charge in [0.15, 0.2) is 0 Å². The molecule has 136 valence electrons. The Morgan fingerprint density at radius 1 is 1.04 bits per heavy atom. The van der Waals surface area contributed by atoms with Gasteiger partial charge in [0.25, 0.3) is 0 Å². The third-order valence-electron chi connectivity index (χ3n) is 4.97. The maximum atomic E-state index is 12.9. The molecule has 26 heavy (non-hydrogen) atoms. The highest BCUT2D eigenvalue weighted by atomic mass is 16.6. The van der Waals surface area contributed by atoms with Crippen molar-refractivity contribution in [1.82, 2.24) is 4.90 Å². The topological polar surface area (TPSA) is 72.6 Å². The van der Waals surface area contributed by atoms with Gasteiger partial charge < -0.3 is 10.5 Å². The van der Waals surface area contributed by atoms with E-state index in [0.29, 0.717) is 6.42 Å². The van der Waals surface area contributed by atoms with Gasteiger partial charge in [0.2, 0.25) is 5.91 Å². The van der Waals surface area contributed by atoms with Crippen molar-refractivity contribution in [1.29, 1.82) is 0 Å². The van der Waals surface area contributed by atoms with E-state index >= 15 is 0 Å². The summed E-state index contributed by atoms with van der Waals surface area (Å²) in [6, 6.07) is 18.7. The van der Waals surface area contributed by atoms with Crippen molar-refractivity contribution in [2.75, 3.05) is 0 Å². The predicted octanol–water partition coefficient (Wildman–Crippen LogP) is 3.65. The third-order valence-corrected chi connectivity index (χ3v) is 4.97. The number of piperidine rings is 1. The van der Waals surface area contributed by atoms with Crippen LogP contribution in [-0.4, -0.2) is 22.9 Å². The molecule has 5 nitrogen and oxygen atoms in total. The van der Waals surface area contributed by atoms with Gasteiger partial charge in [-0.15, -0.1) is 0 Å². The Labute approximate surface area is 153 Å². The number of carbonyl (C=O) groups is 2. The summed E-state index contributed by atoms with van der Waals surface area (Å²) in [4.78, 5) is 26.6. The number of carbonyl (C=O) groups excluding carboxylic acids is 2. The van der Waals surface area contributed by atoms with Crippen LogP contribution in [0.25, 0.3) is 0 Å². The van der Waals surface area contributed by atoms with Crippen LogP contribution < -0.4 is 5.73 Å². The maximum Gasteiger partial charge on any atom is 0.410 e. The minimum atomic E-state index is -0.419. The van der Waals surface area contributed by atoms with Gasteiger partial charge >= 0.3 is 6.09 Å². The van der Waals surface area contributed by atoms with Gasteiger partial charge in [-0.05, 0) is 30.9 Å². The molecule has 0 aliphatic carbocycles. The van der Waals surface area contributed by atoms with Crippen molar-refractivity contribution in [3.8, 4) is 0 Å². The van der Waals surface area contributed by atoms with Gasteiger partial charge in [0.05, 0.1) is 12.0 Å². The predicted molar refractivity (Wildman–Crippen MR) is 99.0 cm³/mol. The van der Waals surface area contributed by atoms with Crippen molar-refractivity contribution >= 4 is 12.0 Å². The molecule has 1 heterocycles. The Balaban J connectivity index is 1.85. The summed E-state index contributed by atoms with van der Waals surface area (Å²) in [6.45, 7) is 2.18. The zero-order valence-corrected chi connectivity index (χ0v) is 14.9. The zero-order chi connectivity index (χ0) is 18.5. The number of hydrogen-bond donors (Lipinski definition) is 1. The van der Waals surface area contributed by atoms with Gasteiger partial charge in [-0.2, -0.15) is 0 Å². The molecule has 0 radical (unpaired) electrons. The molecule has 3 rings (SSSR count).